The molecule has 3 nitrogen and oxygen atoms in total. The standard InChI is InChI=1S/C9H20O3/c1-2-9(11)12-8-6-4-3-5-7-10/h9-11H,2-8H2,1H3. The second-order valence-corrected chi connectivity index (χ2v) is 2.87. The van der Waals surface area contributed by atoms with Crippen molar-refractivity contribution >= 4 is 0 Å². The third kappa shape index (κ3) is 7.98. The summed E-state index contributed by atoms with van der Waals surface area (Å²) in [6, 6.07) is 0. The molecule has 0 spiro atoms. The predicted octanol–water partition coefficient (Wildman–Crippen LogP) is 1.28. The lowest BCUT2D eigenvalue weighted by molar-refractivity contribution is -0.101. The smallest absolute Gasteiger partial charge is 0.154 e. The summed E-state index contributed by atoms with van der Waals surface area (Å²) in [4.78, 5) is 0. The first kappa shape index (κ1) is 11.9. The lowest BCUT2D eigenvalue weighted by Crippen LogP contribution is -2.10. The first-order valence-electron chi connectivity index (χ1n) is 4.71. The highest BCUT2D eigenvalue weighted by molar-refractivity contribution is 4.42. The Bertz CT molecular complexity index is 85.8. The molecule has 0 rings (SSSR count). The molecule has 0 bridgehead atoms. The van der Waals surface area contributed by atoms with Gasteiger partial charge in [0.25, 0.3) is 0 Å². The fourth-order valence-electron chi connectivity index (χ4n) is 0.905. The van der Waals surface area contributed by atoms with Gasteiger partial charge in [0.15, 0.2) is 6.29 Å². The molecular formula is C9H20O3. The number of hydrogen-bond acceptors (Lipinski definition) is 3. The SMILES string of the molecule is CCC(O)OCCCCCCO. The quantitative estimate of drug-likeness (QED) is 0.432. The minimum Gasteiger partial charge on any atom is -0.396 e. The van der Waals surface area contributed by atoms with Gasteiger partial charge in [0.2, 0.25) is 0 Å². The molecule has 2 N–H and O–H groups in total. The van der Waals surface area contributed by atoms with Crippen LogP contribution in [0.5, 0.6) is 0 Å². The largest absolute Gasteiger partial charge is 0.396 e. The lowest BCUT2D eigenvalue weighted by atomic mass is 10.2. The second kappa shape index (κ2) is 8.97. The summed E-state index contributed by atoms with van der Waals surface area (Å²) in [6.45, 7) is 2.79. The molecule has 74 valence electrons. The number of unbranched alkanes of at least 4 members (excludes halogenated alkanes) is 3. The minimum atomic E-state index is -0.595. The maximum absolute atomic E-state index is 9.00. The van der Waals surface area contributed by atoms with Crippen LogP contribution in [-0.2, 0) is 4.74 Å². The van der Waals surface area contributed by atoms with Crippen LogP contribution in [0, 0.1) is 0 Å². The number of hydrogen-bond donors (Lipinski definition) is 2. The molecule has 1 unspecified atom stereocenters. The van der Waals surface area contributed by atoms with Gasteiger partial charge in [-0.15, -0.1) is 0 Å². The molecule has 0 aliphatic rings. The van der Waals surface area contributed by atoms with Gasteiger partial charge in [-0.1, -0.05) is 19.8 Å². The molecule has 1 atom stereocenters. The molecule has 0 radical (unpaired) electrons. The van der Waals surface area contributed by atoms with Gasteiger partial charge in [-0.3, -0.25) is 0 Å². The van der Waals surface area contributed by atoms with Crippen molar-refractivity contribution in [2.24, 2.45) is 0 Å². The van der Waals surface area contributed by atoms with E-state index in [-0.39, 0.29) is 6.61 Å². The van der Waals surface area contributed by atoms with Crippen LogP contribution in [0.2, 0.25) is 0 Å². The molecular weight excluding hydrogens is 156 g/mol. The Balaban J connectivity index is 2.90. The fraction of sp³-hybridized carbons (Fsp3) is 1.00. The molecule has 0 amide bonds. The van der Waals surface area contributed by atoms with Gasteiger partial charge in [-0.05, 0) is 19.3 Å². The molecule has 0 aromatic heterocycles. The van der Waals surface area contributed by atoms with Crippen molar-refractivity contribution in [2.75, 3.05) is 13.2 Å². The number of aliphatic hydroxyl groups is 2. The number of ether oxygens (including phenoxy) is 1. The van der Waals surface area contributed by atoms with Crippen LogP contribution < -0.4 is 0 Å². The van der Waals surface area contributed by atoms with Gasteiger partial charge in [0, 0.05) is 13.2 Å². The van der Waals surface area contributed by atoms with E-state index in [4.69, 9.17) is 14.9 Å². The molecule has 0 fully saturated rings. The Morgan fingerprint density at radius 3 is 2.42 bits per heavy atom. The van der Waals surface area contributed by atoms with E-state index in [9.17, 15) is 0 Å². The maximum atomic E-state index is 9.00. The van der Waals surface area contributed by atoms with Crippen LogP contribution in [-0.4, -0.2) is 29.7 Å². The number of aliphatic hydroxyl groups excluding tert-OH is 2. The van der Waals surface area contributed by atoms with E-state index in [0.717, 1.165) is 25.7 Å². The van der Waals surface area contributed by atoms with E-state index in [0.29, 0.717) is 13.0 Å². The van der Waals surface area contributed by atoms with Gasteiger partial charge < -0.3 is 14.9 Å². The summed E-state index contributed by atoms with van der Waals surface area (Å²) in [6.07, 6.45) is 4.01. The van der Waals surface area contributed by atoms with E-state index < -0.39 is 6.29 Å². The highest BCUT2D eigenvalue weighted by Crippen LogP contribution is 2.01. The molecule has 0 aromatic carbocycles. The van der Waals surface area contributed by atoms with Gasteiger partial charge in [0.05, 0.1) is 0 Å². The average Bonchev–Trinajstić information content (AvgIpc) is 2.10. The molecule has 0 aromatic rings. The first-order valence-corrected chi connectivity index (χ1v) is 4.71. The summed E-state index contributed by atoms with van der Waals surface area (Å²) in [5.74, 6) is 0. The van der Waals surface area contributed by atoms with Gasteiger partial charge in [-0.2, -0.15) is 0 Å². The third-order valence-electron chi connectivity index (χ3n) is 1.71. The van der Waals surface area contributed by atoms with Crippen molar-refractivity contribution in [1.82, 2.24) is 0 Å². The molecule has 0 heterocycles. The maximum Gasteiger partial charge on any atom is 0.154 e. The summed E-state index contributed by atoms with van der Waals surface area (Å²) >= 11 is 0. The van der Waals surface area contributed by atoms with Crippen molar-refractivity contribution in [3.63, 3.8) is 0 Å². The molecule has 3 heteroatoms. The van der Waals surface area contributed by atoms with Crippen LogP contribution in [0.1, 0.15) is 39.0 Å². The normalized spacial score (nSPS) is 13.2. The zero-order valence-electron chi connectivity index (χ0n) is 7.83. The summed E-state index contributed by atoms with van der Waals surface area (Å²) in [5.41, 5.74) is 0. The highest BCUT2D eigenvalue weighted by Gasteiger charge is 1.98. The van der Waals surface area contributed by atoms with E-state index in [2.05, 4.69) is 0 Å². The molecule has 0 aliphatic carbocycles. The van der Waals surface area contributed by atoms with Crippen LogP contribution in [0.3, 0.4) is 0 Å². The first-order chi connectivity index (χ1) is 5.81. The van der Waals surface area contributed by atoms with E-state index in [1.807, 2.05) is 6.92 Å². The van der Waals surface area contributed by atoms with Crippen molar-refractivity contribution in [1.29, 1.82) is 0 Å². The Morgan fingerprint density at radius 1 is 1.17 bits per heavy atom. The van der Waals surface area contributed by atoms with E-state index in [1.54, 1.807) is 0 Å². The van der Waals surface area contributed by atoms with Gasteiger partial charge in [0.1, 0.15) is 0 Å². The molecule has 12 heavy (non-hydrogen) atoms. The van der Waals surface area contributed by atoms with Crippen LogP contribution >= 0.6 is 0 Å². The monoisotopic (exact) mass is 176 g/mol. The zero-order valence-corrected chi connectivity index (χ0v) is 7.83. The van der Waals surface area contributed by atoms with Gasteiger partial charge in [-0.25, -0.2) is 0 Å². The fourth-order valence-corrected chi connectivity index (χ4v) is 0.905. The van der Waals surface area contributed by atoms with Crippen molar-refractivity contribution in [3.05, 3.63) is 0 Å². The molecule has 0 saturated carbocycles. The molecule has 0 aliphatic heterocycles. The Labute approximate surface area is 74.4 Å². The Hall–Kier alpha value is -0.120. The highest BCUT2D eigenvalue weighted by atomic mass is 16.6. The summed E-state index contributed by atoms with van der Waals surface area (Å²) in [5, 5.41) is 17.5. The van der Waals surface area contributed by atoms with Gasteiger partial charge >= 0.3 is 0 Å². The summed E-state index contributed by atoms with van der Waals surface area (Å²) < 4.78 is 5.06. The lowest BCUT2D eigenvalue weighted by Gasteiger charge is -2.08. The predicted molar refractivity (Wildman–Crippen MR) is 47.8 cm³/mol. The minimum absolute atomic E-state index is 0.276. The topological polar surface area (TPSA) is 49.7 Å². The Kier molecular flexibility index (Phi) is 8.88. The van der Waals surface area contributed by atoms with Crippen molar-refractivity contribution in [3.8, 4) is 0 Å². The van der Waals surface area contributed by atoms with E-state index >= 15 is 0 Å². The molecule has 0 saturated heterocycles. The Morgan fingerprint density at radius 2 is 1.83 bits per heavy atom. The van der Waals surface area contributed by atoms with Crippen molar-refractivity contribution < 1.29 is 14.9 Å². The van der Waals surface area contributed by atoms with Crippen LogP contribution in [0.25, 0.3) is 0 Å². The third-order valence-corrected chi connectivity index (χ3v) is 1.71. The van der Waals surface area contributed by atoms with Crippen molar-refractivity contribution in [2.45, 2.75) is 45.3 Å². The second-order valence-electron chi connectivity index (χ2n) is 2.87. The zero-order chi connectivity index (χ0) is 9.23. The van der Waals surface area contributed by atoms with Crippen LogP contribution in [0.4, 0.5) is 0 Å². The number of rotatable bonds is 8. The van der Waals surface area contributed by atoms with Crippen LogP contribution in [0.15, 0.2) is 0 Å². The van der Waals surface area contributed by atoms with E-state index in [1.165, 1.54) is 0 Å². The average molecular weight is 176 g/mol. The summed E-state index contributed by atoms with van der Waals surface area (Å²) in [7, 11) is 0.